The Hall–Kier alpha value is -2.39. The van der Waals surface area contributed by atoms with E-state index >= 15 is 0 Å². The van der Waals surface area contributed by atoms with Crippen LogP contribution in [0.4, 0.5) is 0 Å². The maximum absolute atomic E-state index is 12.0. The molecule has 8 nitrogen and oxygen atoms in total. The molecule has 23 heavy (non-hydrogen) atoms. The molecule has 0 spiro atoms. The Morgan fingerprint density at radius 3 is 2.96 bits per heavy atom. The van der Waals surface area contributed by atoms with E-state index in [9.17, 15) is 19.8 Å². The van der Waals surface area contributed by atoms with Crippen LogP contribution in [0.1, 0.15) is 18.5 Å². The van der Waals surface area contributed by atoms with Crippen molar-refractivity contribution in [1.82, 2.24) is 5.32 Å². The van der Waals surface area contributed by atoms with Crippen molar-refractivity contribution in [3.63, 3.8) is 0 Å². The zero-order chi connectivity index (χ0) is 16.8. The van der Waals surface area contributed by atoms with Gasteiger partial charge in [-0.25, -0.2) is 0 Å². The fourth-order valence-electron chi connectivity index (χ4n) is 2.25. The summed E-state index contributed by atoms with van der Waals surface area (Å²) in [5.41, 5.74) is 0.285. The molecule has 122 valence electrons. The van der Waals surface area contributed by atoms with Crippen molar-refractivity contribution < 1.29 is 29.1 Å². The number of aliphatic carboxylic acids is 1. The van der Waals surface area contributed by atoms with Gasteiger partial charge in [0.1, 0.15) is 6.42 Å². The summed E-state index contributed by atoms with van der Waals surface area (Å²) in [4.78, 5) is 22.7. The van der Waals surface area contributed by atoms with Gasteiger partial charge in [-0.05, 0) is 12.5 Å². The Balaban J connectivity index is 1.92. The minimum Gasteiger partial charge on any atom is -0.618 e. The second-order valence-corrected chi connectivity index (χ2v) is 5.20. The molecule has 1 amide bonds. The van der Waals surface area contributed by atoms with E-state index < -0.39 is 31.0 Å². The number of pyridine rings is 1. The van der Waals surface area contributed by atoms with Gasteiger partial charge in [-0.2, -0.15) is 4.73 Å². The molecule has 0 bridgehead atoms. The van der Waals surface area contributed by atoms with Crippen molar-refractivity contribution in [1.29, 1.82) is 0 Å². The van der Waals surface area contributed by atoms with E-state index in [2.05, 4.69) is 5.32 Å². The number of carbonyl (C=O) groups is 2. The summed E-state index contributed by atoms with van der Waals surface area (Å²) in [5, 5.41) is 32.8. The molecule has 1 aliphatic heterocycles. The zero-order valence-electron chi connectivity index (χ0n) is 12.3. The molecule has 0 saturated heterocycles. The minimum absolute atomic E-state index is 0.129. The molecule has 0 aliphatic carbocycles. The second-order valence-electron chi connectivity index (χ2n) is 5.20. The summed E-state index contributed by atoms with van der Waals surface area (Å²) < 4.78 is 5.82. The zero-order valence-corrected chi connectivity index (χ0v) is 12.3. The van der Waals surface area contributed by atoms with E-state index in [-0.39, 0.29) is 18.5 Å². The van der Waals surface area contributed by atoms with Crippen LogP contribution in [0.15, 0.2) is 36.5 Å². The Labute approximate surface area is 133 Å². The molecule has 0 unspecified atom stereocenters. The molecule has 0 radical (unpaired) electrons. The first kappa shape index (κ1) is 17.0. The van der Waals surface area contributed by atoms with Crippen molar-refractivity contribution in [3.05, 3.63) is 47.4 Å². The van der Waals surface area contributed by atoms with E-state index in [0.29, 0.717) is 11.2 Å². The highest BCUT2D eigenvalue weighted by atomic mass is 16.5. The molecule has 1 aromatic rings. The number of hydrogen-bond donors (Lipinski definition) is 3. The number of carboxylic acids is 1. The molecule has 2 atom stereocenters. The predicted octanol–water partition coefficient (Wildman–Crippen LogP) is -0.813. The highest BCUT2D eigenvalue weighted by Gasteiger charge is 2.32. The van der Waals surface area contributed by atoms with Crippen LogP contribution in [0.5, 0.6) is 0 Å². The highest BCUT2D eigenvalue weighted by molar-refractivity contribution is 6.45. The summed E-state index contributed by atoms with van der Waals surface area (Å²) in [5.74, 6) is -2.18. The molecule has 0 fully saturated rings. The van der Waals surface area contributed by atoms with E-state index in [1.165, 1.54) is 12.3 Å². The van der Waals surface area contributed by atoms with Gasteiger partial charge in [0.05, 0.1) is 18.5 Å². The number of carboxylic acid groups (broad SMARTS) is 1. The second kappa shape index (κ2) is 7.75. The number of aromatic nitrogens is 1. The average Bonchev–Trinajstić information content (AvgIpc) is 2.63. The summed E-state index contributed by atoms with van der Waals surface area (Å²) in [6.45, 7) is 0. The molecule has 0 saturated carbocycles. The van der Waals surface area contributed by atoms with Crippen molar-refractivity contribution in [3.8, 4) is 0 Å². The SMILES string of the molecule is O=C(O)C[C@H]1C=CC[C@H](NC(=O)Cc2cccc[n+]2[O-])B(O)O1. The lowest BCUT2D eigenvalue weighted by Gasteiger charge is -2.20. The molecule has 2 rings (SSSR count). The fourth-order valence-corrected chi connectivity index (χ4v) is 2.25. The maximum Gasteiger partial charge on any atom is 0.478 e. The quantitative estimate of drug-likeness (QED) is 0.282. The van der Waals surface area contributed by atoms with Crippen LogP contribution in [-0.2, 0) is 20.7 Å². The molecular formula is C14H17BN2O6. The van der Waals surface area contributed by atoms with Gasteiger partial charge in [0.15, 0.2) is 6.20 Å². The average molecular weight is 320 g/mol. The first-order valence-corrected chi connectivity index (χ1v) is 7.14. The standard InChI is InChI=1S/C14H17BN2O6/c18-13(8-10-4-1-2-7-17(10)22)16-12-6-3-5-11(9-14(19)20)23-15(12)21/h1-5,7,11-12,21H,6,8-9H2,(H,16,18)(H,19,20)/t11-,12+/m1/s1. The van der Waals surface area contributed by atoms with Gasteiger partial charge in [-0.15, -0.1) is 0 Å². The normalized spacial score (nSPS) is 20.8. The molecule has 9 heteroatoms. The third kappa shape index (κ3) is 5.08. The van der Waals surface area contributed by atoms with Gasteiger partial charge >= 0.3 is 13.1 Å². The molecule has 3 N–H and O–H groups in total. The maximum atomic E-state index is 12.0. The lowest BCUT2D eigenvalue weighted by atomic mass is 9.77. The van der Waals surface area contributed by atoms with Gasteiger partial charge in [-0.1, -0.05) is 12.2 Å². The number of nitrogens with one attached hydrogen (secondary N) is 1. The highest BCUT2D eigenvalue weighted by Crippen LogP contribution is 2.12. The first-order chi connectivity index (χ1) is 11.0. The lowest BCUT2D eigenvalue weighted by Crippen LogP contribution is -2.49. The van der Waals surface area contributed by atoms with Gasteiger partial charge in [0.25, 0.3) is 0 Å². The van der Waals surface area contributed by atoms with Gasteiger partial charge in [0.2, 0.25) is 11.6 Å². The van der Waals surface area contributed by atoms with E-state index in [1.807, 2.05) is 0 Å². The van der Waals surface area contributed by atoms with Gasteiger partial charge in [-0.3, -0.25) is 9.59 Å². The Morgan fingerprint density at radius 2 is 2.26 bits per heavy atom. The largest absolute Gasteiger partial charge is 0.618 e. The van der Waals surface area contributed by atoms with Gasteiger partial charge in [0, 0.05) is 12.1 Å². The summed E-state index contributed by atoms with van der Waals surface area (Å²) in [6, 6.07) is 4.75. The molecular weight excluding hydrogens is 303 g/mol. The van der Waals surface area contributed by atoms with Crippen LogP contribution >= 0.6 is 0 Å². The Morgan fingerprint density at radius 1 is 1.48 bits per heavy atom. The molecule has 1 aliphatic rings. The van der Waals surface area contributed by atoms with E-state index in [0.717, 1.165) is 0 Å². The van der Waals surface area contributed by atoms with Crippen molar-refractivity contribution in [2.24, 2.45) is 0 Å². The number of nitrogens with zero attached hydrogens (tertiary/aromatic N) is 1. The van der Waals surface area contributed by atoms with E-state index in [4.69, 9.17) is 9.76 Å². The molecule has 1 aromatic heterocycles. The lowest BCUT2D eigenvalue weighted by molar-refractivity contribution is -0.613. The molecule has 0 aromatic carbocycles. The smallest absolute Gasteiger partial charge is 0.478 e. The van der Waals surface area contributed by atoms with Crippen LogP contribution in [-0.4, -0.2) is 41.2 Å². The number of rotatable bonds is 5. The Bertz CT molecular complexity index is 609. The fraction of sp³-hybridized carbons (Fsp3) is 0.357. The summed E-state index contributed by atoms with van der Waals surface area (Å²) in [7, 11) is -1.33. The monoisotopic (exact) mass is 320 g/mol. The van der Waals surface area contributed by atoms with Crippen molar-refractivity contribution in [2.75, 3.05) is 0 Å². The van der Waals surface area contributed by atoms with Crippen LogP contribution in [0.25, 0.3) is 0 Å². The molecule has 2 heterocycles. The van der Waals surface area contributed by atoms with Crippen molar-refractivity contribution in [2.45, 2.75) is 31.3 Å². The predicted molar refractivity (Wildman–Crippen MR) is 79.9 cm³/mol. The third-order valence-electron chi connectivity index (χ3n) is 3.37. The third-order valence-corrected chi connectivity index (χ3v) is 3.37. The number of hydrogen-bond acceptors (Lipinski definition) is 5. The summed E-state index contributed by atoms with van der Waals surface area (Å²) in [6.07, 6.45) is 3.66. The summed E-state index contributed by atoms with van der Waals surface area (Å²) >= 11 is 0. The van der Waals surface area contributed by atoms with Crippen LogP contribution in [0, 0.1) is 5.21 Å². The van der Waals surface area contributed by atoms with Crippen LogP contribution in [0.2, 0.25) is 0 Å². The van der Waals surface area contributed by atoms with Crippen molar-refractivity contribution >= 4 is 19.0 Å². The Kier molecular flexibility index (Phi) is 5.72. The number of amides is 1. The van der Waals surface area contributed by atoms with Gasteiger partial charge < -0.3 is 25.3 Å². The van der Waals surface area contributed by atoms with E-state index in [1.54, 1.807) is 24.3 Å². The minimum atomic E-state index is -1.33. The first-order valence-electron chi connectivity index (χ1n) is 7.14. The topological polar surface area (TPSA) is 123 Å². The van der Waals surface area contributed by atoms with Crippen LogP contribution < -0.4 is 10.0 Å². The van der Waals surface area contributed by atoms with Crippen LogP contribution in [0.3, 0.4) is 0 Å². The number of carbonyl (C=O) groups excluding carboxylic acids is 1.